The molecule has 0 spiro atoms. The van der Waals surface area contributed by atoms with Crippen molar-refractivity contribution < 1.29 is 10.0 Å². The molecule has 0 saturated heterocycles. The van der Waals surface area contributed by atoms with E-state index in [1.54, 1.807) is 0 Å². The van der Waals surface area contributed by atoms with E-state index in [1.807, 2.05) is 0 Å². The van der Waals surface area contributed by atoms with E-state index in [1.165, 1.54) is 12.8 Å². The fraction of sp³-hybridized carbons (Fsp3) is 0.880. The molecule has 0 heterocycles. The predicted octanol–water partition coefficient (Wildman–Crippen LogP) is 4.88. The molecule has 3 atom stereocenters. The average molecular weight is 434 g/mol. The highest BCUT2D eigenvalue weighted by Gasteiger charge is 2.31. The summed E-state index contributed by atoms with van der Waals surface area (Å²) < 4.78 is 0. The van der Waals surface area contributed by atoms with E-state index >= 15 is 0 Å². The van der Waals surface area contributed by atoms with E-state index in [4.69, 9.17) is 4.99 Å². The van der Waals surface area contributed by atoms with Gasteiger partial charge in [-0.1, -0.05) is 26.0 Å². The molecule has 0 bridgehead atoms. The molecule has 31 heavy (non-hydrogen) atoms. The fourth-order valence-electron chi connectivity index (χ4n) is 5.89. The first-order chi connectivity index (χ1) is 15.0. The first-order valence-corrected chi connectivity index (χ1v) is 12.8. The van der Waals surface area contributed by atoms with Gasteiger partial charge in [-0.2, -0.15) is 0 Å². The van der Waals surface area contributed by atoms with Crippen molar-refractivity contribution >= 4 is 6.21 Å². The summed E-state index contributed by atoms with van der Waals surface area (Å²) in [5.74, 6) is 1.38. The third kappa shape index (κ3) is 7.11. The number of hydrogen-bond donors (Lipinski definition) is 1. The maximum Gasteiger partial charge on any atom is 0.213 e. The lowest BCUT2D eigenvalue weighted by molar-refractivity contribution is -0.526. The van der Waals surface area contributed by atoms with Crippen LogP contribution in [0.5, 0.6) is 0 Å². The smallest absolute Gasteiger partial charge is 0.213 e. The highest BCUT2D eigenvalue weighted by molar-refractivity contribution is 5.62. The lowest BCUT2D eigenvalue weighted by Crippen LogP contribution is -2.43. The number of aliphatic imine (C=N–C) groups is 1. The summed E-state index contributed by atoms with van der Waals surface area (Å²) in [4.78, 5) is 18.2. The number of aliphatic hydroxyl groups is 1. The molecule has 3 aliphatic rings. The molecule has 0 radical (unpaired) electrons. The summed E-state index contributed by atoms with van der Waals surface area (Å²) in [6.07, 6.45) is 17.6. The summed E-state index contributed by atoms with van der Waals surface area (Å²) >= 11 is 0. The molecule has 3 fully saturated rings. The Balaban J connectivity index is 1.36. The van der Waals surface area contributed by atoms with E-state index in [-0.39, 0.29) is 23.0 Å². The monoisotopic (exact) mass is 433 g/mol. The van der Waals surface area contributed by atoms with Crippen molar-refractivity contribution in [2.24, 2.45) is 22.7 Å². The number of nitrogens with zero attached hydrogens (tertiary/aromatic N) is 3. The molecular weight excluding hydrogens is 390 g/mol. The lowest BCUT2D eigenvalue weighted by Gasteiger charge is -2.37. The number of nitro groups is 1. The Labute approximate surface area is 188 Å². The van der Waals surface area contributed by atoms with Crippen LogP contribution in [0.25, 0.3) is 0 Å². The lowest BCUT2D eigenvalue weighted by atomic mass is 9.82. The Morgan fingerprint density at radius 1 is 0.935 bits per heavy atom. The SMILES string of the molecule is CCN(CC)C1CCC(C=NC2CCC(C=CC3CCC([N+](=O)[O-])CC3)CC2)C(O)C1. The van der Waals surface area contributed by atoms with Crippen LogP contribution in [0.3, 0.4) is 0 Å². The number of rotatable bonds is 8. The number of allylic oxidation sites excluding steroid dienone is 2. The third-order valence-corrected chi connectivity index (χ3v) is 8.09. The molecule has 0 amide bonds. The minimum Gasteiger partial charge on any atom is -0.392 e. The molecule has 3 rings (SSSR count). The minimum atomic E-state index is -0.316. The van der Waals surface area contributed by atoms with E-state index in [0.29, 0.717) is 23.9 Å². The Morgan fingerprint density at radius 2 is 1.52 bits per heavy atom. The predicted molar refractivity (Wildman–Crippen MR) is 126 cm³/mol. The van der Waals surface area contributed by atoms with Crippen molar-refractivity contribution in [2.45, 2.75) is 109 Å². The molecule has 3 saturated carbocycles. The quantitative estimate of drug-likeness (QED) is 0.256. The van der Waals surface area contributed by atoms with Gasteiger partial charge >= 0.3 is 0 Å². The molecule has 6 nitrogen and oxygen atoms in total. The van der Waals surface area contributed by atoms with Gasteiger partial charge in [-0.15, -0.1) is 0 Å². The minimum absolute atomic E-state index is 0.0998. The fourth-order valence-corrected chi connectivity index (χ4v) is 5.89. The molecule has 0 aromatic rings. The van der Waals surface area contributed by atoms with Gasteiger partial charge in [0.1, 0.15) is 0 Å². The van der Waals surface area contributed by atoms with Crippen LogP contribution in [0.15, 0.2) is 17.1 Å². The van der Waals surface area contributed by atoms with E-state index in [2.05, 4.69) is 37.1 Å². The van der Waals surface area contributed by atoms with Crippen LogP contribution in [0.2, 0.25) is 0 Å². The molecule has 1 N–H and O–H groups in total. The van der Waals surface area contributed by atoms with Gasteiger partial charge in [0.2, 0.25) is 6.04 Å². The van der Waals surface area contributed by atoms with E-state index in [9.17, 15) is 15.2 Å². The molecule has 0 aromatic carbocycles. The van der Waals surface area contributed by atoms with Gasteiger partial charge in [-0.3, -0.25) is 15.1 Å². The van der Waals surface area contributed by atoms with E-state index < -0.39 is 0 Å². The van der Waals surface area contributed by atoms with Gasteiger partial charge < -0.3 is 10.0 Å². The average Bonchev–Trinajstić information content (AvgIpc) is 2.79. The van der Waals surface area contributed by atoms with Gasteiger partial charge in [-0.25, -0.2) is 0 Å². The van der Waals surface area contributed by atoms with Crippen LogP contribution in [0, 0.1) is 27.9 Å². The third-order valence-electron chi connectivity index (χ3n) is 8.09. The highest BCUT2D eigenvalue weighted by atomic mass is 16.6. The largest absolute Gasteiger partial charge is 0.392 e. The second kappa shape index (κ2) is 12.1. The number of aliphatic hydroxyl groups excluding tert-OH is 1. The van der Waals surface area contributed by atoms with Crippen LogP contribution in [-0.4, -0.2) is 58.5 Å². The second-order valence-electron chi connectivity index (χ2n) is 10.0. The molecule has 6 heteroatoms. The van der Waals surface area contributed by atoms with Crippen molar-refractivity contribution in [1.82, 2.24) is 4.90 Å². The summed E-state index contributed by atoms with van der Waals surface area (Å²) in [5, 5.41) is 21.5. The Morgan fingerprint density at radius 3 is 2.03 bits per heavy atom. The van der Waals surface area contributed by atoms with Gasteiger partial charge in [-0.05, 0) is 82.7 Å². The van der Waals surface area contributed by atoms with Crippen LogP contribution < -0.4 is 0 Å². The molecular formula is C25H43N3O3. The first-order valence-electron chi connectivity index (χ1n) is 12.8. The van der Waals surface area contributed by atoms with Gasteiger partial charge in [0.25, 0.3) is 0 Å². The van der Waals surface area contributed by atoms with Crippen molar-refractivity contribution in [2.75, 3.05) is 13.1 Å². The van der Waals surface area contributed by atoms with Crippen LogP contribution in [0.4, 0.5) is 0 Å². The highest BCUT2D eigenvalue weighted by Crippen LogP contribution is 2.32. The molecule has 0 aromatic heterocycles. The van der Waals surface area contributed by atoms with Gasteiger partial charge in [0.15, 0.2) is 0 Å². The summed E-state index contributed by atoms with van der Waals surface area (Å²) in [5.41, 5.74) is 0. The standard InChI is InChI=1S/C25H43N3O3/c1-3-27(4-2)24-16-11-21(25(29)17-24)18-26-22-12-7-19(8-13-22)5-6-20-9-14-23(15-10-20)28(30)31/h5-6,18-25,29H,3-4,7-17H2,1-2H3. The maximum atomic E-state index is 10.9. The summed E-state index contributed by atoms with van der Waals surface area (Å²) in [7, 11) is 0. The van der Waals surface area contributed by atoms with Crippen LogP contribution >= 0.6 is 0 Å². The Kier molecular flexibility index (Phi) is 9.51. The Bertz CT molecular complexity index is 603. The van der Waals surface area contributed by atoms with Gasteiger partial charge in [0, 0.05) is 42.0 Å². The zero-order valence-electron chi connectivity index (χ0n) is 19.6. The van der Waals surface area contributed by atoms with Gasteiger partial charge in [0.05, 0.1) is 6.10 Å². The Hall–Kier alpha value is -1.27. The van der Waals surface area contributed by atoms with Crippen LogP contribution in [0.1, 0.15) is 84.5 Å². The van der Waals surface area contributed by atoms with Crippen molar-refractivity contribution in [3.63, 3.8) is 0 Å². The normalized spacial score (nSPS) is 37.6. The summed E-state index contributed by atoms with van der Waals surface area (Å²) in [6.45, 7) is 6.53. The van der Waals surface area contributed by atoms with Crippen molar-refractivity contribution in [3.05, 3.63) is 22.3 Å². The zero-order chi connectivity index (χ0) is 22.2. The molecule has 3 unspecified atom stereocenters. The van der Waals surface area contributed by atoms with Crippen molar-refractivity contribution in [3.8, 4) is 0 Å². The molecule has 176 valence electrons. The number of hydrogen-bond acceptors (Lipinski definition) is 5. The first kappa shape index (κ1) is 24.4. The topological polar surface area (TPSA) is 79.0 Å². The molecule has 3 aliphatic carbocycles. The zero-order valence-corrected chi connectivity index (χ0v) is 19.6. The second-order valence-corrected chi connectivity index (χ2v) is 10.0. The molecule has 0 aliphatic heterocycles. The van der Waals surface area contributed by atoms with E-state index in [0.717, 1.165) is 70.9 Å². The maximum absolute atomic E-state index is 10.9. The summed E-state index contributed by atoms with van der Waals surface area (Å²) in [6, 6.07) is 0.614. The van der Waals surface area contributed by atoms with Crippen LogP contribution in [-0.2, 0) is 0 Å². The van der Waals surface area contributed by atoms with Crippen molar-refractivity contribution in [1.29, 1.82) is 0 Å².